The molecule has 23 N–H and O–H groups in total. The summed E-state index contributed by atoms with van der Waals surface area (Å²) in [7, 11) is 0. The van der Waals surface area contributed by atoms with Crippen LogP contribution in [0.5, 0.6) is 0 Å². The van der Waals surface area contributed by atoms with Crippen LogP contribution in [0.2, 0.25) is 0 Å². The summed E-state index contributed by atoms with van der Waals surface area (Å²) in [5.41, 5.74) is 37.7. The molecular formula is C62H86N18O10. The molecule has 28 heteroatoms. The molecule has 8 atom stereocenters. The highest BCUT2D eigenvalue weighted by Crippen LogP contribution is 2.23. The largest absolute Gasteiger partial charge is 0.480 e. The summed E-state index contributed by atoms with van der Waals surface area (Å²) in [5, 5.41) is 31.9. The lowest BCUT2D eigenvalue weighted by Crippen LogP contribution is -2.61. The number of guanidine groups is 2. The van der Waals surface area contributed by atoms with Crippen molar-refractivity contribution in [2.45, 2.75) is 147 Å². The molecule has 0 saturated heterocycles. The quantitative estimate of drug-likeness (QED) is 0.0144. The Kier molecular flexibility index (Phi) is 25.6. The van der Waals surface area contributed by atoms with Crippen molar-refractivity contribution in [3.05, 3.63) is 108 Å². The number of nitrogens with two attached hydrogens (primary N) is 6. The number of aliphatic imine (C=N–C) groups is 2. The molecule has 3 aromatic heterocycles. The number of fused-ring (bicyclic) bond motifs is 3. The molecule has 28 nitrogen and oxygen atoms in total. The zero-order valence-corrected chi connectivity index (χ0v) is 51.1. The van der Waals surface area contributed by atoms with Crippen LogP contribution in [-0.2, 0) is 62.4 Å². The van der Waals surface area contributed by atoms with E-state index in [9.17, 15) is 43.5 Å². The van der Waals surface area contributed by atoms with Crippen LogP contribution in [0.25, 0.3) is 32.7 Å². The number of hydrogen-bond acceptors (Lipinski definition) is 12. The van der Waals surface area contributed by atoms with Crippen molar-refractivity contribution >= 4 is 97.9 Å². The molecule has 6 rings (SSSR count). The number of benzene rings is 3. The van der Waals surface area contributed by atoms with Crippen LogP contribution >= 0.6 is 0 Å². The van der Waals surface area contributed by atoms with Crippen LogP contribution in [0.15, 0.2) is 101 Å². The second kappa shape index (κ2) is 33.4. The summed E-state index contributed by atoms with van der Waals surface area (Å²) in [4.78, 5) is 144. The first-order chi connectivity index (χ1) is 42.9. The molecule has 0 fully saturated rings. The van der Waals surface area contributed by atoms with Gasteiger partial charge in [-0.25, -0.2) is 4.79 Å². The number of nitrogens with one attached hydrogen (secondary N) is 10. The molecule has 0 spiro atoms. The zero-order chi connectivity index (χ0) is 65.6. The van der Waals surface area contributed by atoms with E-state index in [1.54, 1.807) is 18.6 Å². The van der Waals surface area contributed by atoms with Crippen molar-refractivity contribution in [1.29, 1.82) is 0 Å². The average Bonchev–Trinajstić information content (AvgIpc) is 1.72. The van der Waals surface area contributed by atoms with Gasteiger partial charge in [-0.1, -0.05) is 82.3 Å². The number of H-pyrrole nitrogens is 3. The van der Waals surface area contributed by atoms with E-state index < -0.39 is 102 Å². The number of aromatic amines is 3. The molecule has 0 radical (unpaired) electrons. The predicted octanol–water partition coefficient (Wildman–Crippen LogP) is 0.429. The molecule has 0 saturated carbocycles. The monoisotopic (exact) mass is 1240 g/mol. The van der Waals surface area contributed by atoms with E-state index in [-0.39, 0.29) is 101 Å². The van der Waals surface area contributed by atoms with Gasteiger partial charge in [0.1, 0.15) is 42.3 Å². The topological polar surface area (TPSA) is 486 Å². The number of para-hydroxylation sites is 3. The van der Waals surface area contributed by atoms with E-state index in [2.05, 4.69) is 62.2 Å². The molecule has 0 bridgehead atoms. The minimum absolute atomic E-state index is 0.0226. The Labute approximate surface area is 520 Å². The van der Waals surface area contributed by atoms with Crippen LogP contribution in [0.4, 0.5) is 0 Å². The normalized spacial score (nSPS) is 14.0. The number of aliphatic carboxylic acids is 1. The summed E-state index contributed by atoms with van der Waals surface area (Å²) in [5.74, 6) is -8.54. The first-order valence-electron chi connectivity index (χ1n) is 30.0. The van der Waals surface area contributed by atoms with Gasteiger partial charge in [0, 0.05) is 90.1 Å². The molecule has 484 valence electrons. The first-order valence-corrected chi connectivity index (χ1v) is 30.0. The molecule has 0 aliphatic heterocycles. The lowest BCUT2D eigenvalue weighted by atomic mass is 9.98. The van der Waals surface area contributed by atoms with E-state index in [4.69, 9.17) is 34.4 Å². The SMILES string of the molecule is CC(C)C[C@H](NC(=O)[C@H](Cc1c[nH]c2ccccc12)NC(=O)[C@H](CC(C)C)NC(=O)[C@H](CCCN=C(N)N)NC(=O)[C@H](CCC(N)=O)NC(=O)[C@@H](N)CCCN=C(N)N)C(=O)N[C@@H](Cc1c[nH]c2ccccc12)C(=O)N[C@@H](Cc1c[nH]c2ccccc12)C(=O)O. The summed E-state index contributed by atoms with van der Waals surface area (Å²) in [6.45, 7) is 7.50. The third kappa shape index (κ3) is 20.8. The number of hydrogen-bond donors (Lipinski definition) is 17. The zero-order valence-electron chi connectivity index (χ0n) is 51.1. The lowest BCUT2D eigenvalue weighted by Gasteiger charge is -2.29. The molecule has 3 aromatic carbocycles. The number of carbonyl (C=O) groups excluding carboxylic acids is 8. The van der Waals surface area contributed by atoms with Gasteiger partial charge in [0.15, 0.2) is 11.9 Å². The molecule has 6 aromatic rings. The smallest absolute Gasteiger partial charge is 0.326 e. The van der Waals surface area contributed by atoms with Crippen molar-refractivity contribution in [2.24, 2.45) is 56.2 Å². The number of amides is 8. The molecular weight excluding hydrogens is 1160 g/mol. The van der Waals surface area contributed by atoms with Crippen LogP contribution in [0, 0.1) is 11.8 Å². The Morgan fingerprint density at radius 2 is 0.756 bits per heavy atom. The Morgan fingerprint density at radius 1 is 0.433 bits per heavy atom. The van der Waals surface area contributed by atoms with Crippen molar-refractivity contribution in [1.82, 2.24) is 52.2 Å². The van der Waals surface area contributed by atoms with Crippen LogP contribution in [0.1, 0.15) is 95.8 Å². The molecule has 90 heavy (non-hydrogen) atoms. The van der Waals surface area contributed by atoms with Gasteiger partial charge >= 0.3 is 5.97 Å². The third-order valence-corrected chi connectivity index (χ3v) is 15.1. The lowest BCUT2D eigenvalue weighted by molar-refractivity contribution is -0.142. The van der Waals surface area contributed by atoms with Crippen molar-refractivity contribution in [2.75, 3.05) is 13.1 Å². The maximum atomic E-state index is 15.1. The fraction of sp³-hybridized carbons (Fsp3) is 0.435. The molecule has 0 unspecified atom stereocenters. The van der Waals surface area contributed by atoms with E-state index in [0.717, 1.165) is 32.7 Å². The number of carbonyl (C=O) groups is 9. The summed E-state index contributed by atoms with van der Waals surface area (Å²) in [6, 6.07) is 11.2. The van der Waals surface area contributed by atoms with Gasteiger partial charge in [-0.3, -0.25) is 48.3 Å². The summed E-state index contributed by atoms with van der Waals surface area (Å²) >= 11 is 0. The van der Waals surface area contributed by atoms with Gasteiger partial charge in [-0.05, 0) is 91.7 Å². The molecule has 0 aliphatic carbocycles. The first kappa shape index (κ1) is 69.1. The second-order valence-corrected chi connectivity index (χ2v) is 23.2. The molecule has 0 aliphatic rings. The number of rotatable bonds is 36. The Bertz CT molecular complexity index is 3530. The van der Waals surface area contributed by atoms with E-state index >= 15 is 4.79 Å². The second-order valence-electron chi connectivity index (χ2n) is 23.2. The number of nitrogens with zero attached hydrogens (tertiary/aromatic N) is 2. The third-order valence-electron chi connectivity index (χ3n) is 15.1. The Morgan fingerprint density at radius 3 is 1.14 bits per heavy atom. The molecule has 3 heterocycles. The van der Waals surface area contributed by atoms with E-state index in [1.165, 1.54) is 0 Å². The van der Waals surface area contributed by atoms with Gasteiger partial charge in [0.2, 0.25) is 47.3 Å². The average molecular weight is 1240 g/mol. The van der Waals surface area contributed by atoms with Crippen LogP contribution in [-0.4, -0.2) is 147 Å². The fourth-order valence-corrected chi connectivity index (χ4v) is 10.5. The number of carboxylic acid groups (broad SMARTS) is 1. The summed E-state index contributed by atoms with van der Waals surface area (Å²) < 4.78 is 0. The van der Waals surface area contributed by atoms with Gasteiger partial charge in [0.25, 0.3) is 0 Å². The number of aromatic nitrogens is 3. The molecule has 8 amide bonds. The van der Waals surface area contributed by atoms with Crippen molar-refractivity contribution in [3.8, 4) is 0 Å². The minimum atomic E-state index is -1.42. The predicted molar refractivity (Wildman–Crippen MR) is 342 cm³/mol. The Balaban J connectivity index is 1.27. The fourth-order valence-electron chi connectivity index (χ4n) is 10.5. The maximum absolute atomic E-state index is 15.1. The highest BCUT2D eigenvalue weighted by Gasteiger charge is 2.36. The van der Waals surface area contributed by atoms with Crippen molar-refractivity contribution in [3.63, 3.8) is 0 Å². The van der Waals surface area contributed by atoms with Crippen LogP contribution in [0.3, 0.4) is 0 Å². The highest BCUT2D eigenvalue weighted by molar-refractivity contribution is 5.99. The standard InChI is InChI=1S/C62H86N18O10/c1-33(2)25-47(76-54(83)45(20-12-24-70-62(67)68)75-55(84)46(21-22-52(64)81)74-53(82)41(63)16-11-23-69-61(65)66)56(85)78-49(27-35-30-71-42-17-8-5-13-38(35)42)58(87)77-48(26-34(3)4)57(86)79-50(28-36-31-72-43-18-9-6-14-39(36)43)59(88)80-51(60(89)90)29-37-32-73-44-19-10-7-15-40(37)44/h5-10,13-15,17-19,30-34,41,45-51,71-73H,11-12,16,20-29,63H2,1-4H3,(H2,64,81)(H,74,82)(H,75,84)(H,76,83)(H,77,87)(H,78,85)(H,79,86)(H,80,88)(H,89,90)(H4,65,66,69)(H4,67,68,70)/t41-,45-,46-,47-,48-,49-,50-,51-/m0/s1. The van der Waals surface area contributed by atoms with Gasteiger partial charge in [0.05, 0.1) is 6.04 Å². The van der Waals surface area contributed by atoms with Gasteiger partial charge in [-0.2, -0.15) is 0 Å². The van der Waals surface area contributed by atoms with Gasteiger partial charge < -0.3 is 91.7 Å². The number of primary amides is 1. The Hall–Kier alpha value is -9.99. The van der Waals surface area contributed by atoms with Crippen LogP contribution < -0.4 is 71.6 Å². The van der Waals surface area contributed by atoms with Crippen molar-refractivity contribution < 1.29 is 48.3 Å². The maximum Gasteiger partial charge on any atom is 0.326 e. The van der Waals surface area contributed by atoms with E-state index in [1.807, 2.05) is 100 Å². The highest BCUT2D eigenvalue weighted by atomic mass is 16.4. The summed E-state index contributed by atoms with van der Waals surface area (Å²) in [6.07, 6.45) is 4.74. The minimum Gasteiger partial charge on any atom is -0.480 e. The van der Waals surface area contributed by atoms with E-state index in [0.29, 0.717) is 23.1 Å². The van der Waals surface area contributed by atoms with Gasteiger partial charge in [-0.15, -0.1) is 0 Å². The number of carboxylic acids is 1.